The van der Waals surface area contributed by atoms with Gasteiger partial charge in [0.2, 0.25) is 0 Å². The normalized spacial score (nSPS) is 21.6. The average molecular weight is 271 g/mol. The Morgan fingerprint density at radius 3 is 2.55 bits per heavy atom. The predicted octanol–water partition coefficient (Wildman–Crippen LogP) is 2.05. The van der Waals surface area contributed by atoms with Crippen LogP contribution >= 0.6 is 0 Å². The minimum atomic E-state index is 0.000971. The monoisotopic (exact) mass is 271 g/mol. The Labute approximate surface area is 119 Å². The van der Waals surface area contributed by atoms with Gasteiger partial charge < -0.3 is 15.2 Å². The van der Waals surface area contributed by atoms with Crippen molar-refractivity contribution < 1.29 is 0 Å². The van der Waals surface area contributed by atoms with Gasteiger partial charge in [-0.25, -0.2) is 0 Å². The first kappa shape index (κ1) is 13.1. The minimum Gasteiger partial charge on any atom is -0.378 e. The molecule has 2 aromatic rings. The molecule has 0 fully saturated rings. The topological polar surface area (TPSA) is 60.0 Å². The molecule has 3 rings (SSSR count). The molecule has 0 radical (unpaired) electrons. The van der Waals surface area contributed by atoms with Gasteiger partial charge in [-0.1, -0.05) is 6.92 Å². The van der Waals surface area contributed by atoms with Crippen molar-refractivity contribution in [3.8, 4) is 11.4 Å². The third kappa shape index (κ3) is 2.18. The van der Waals surface area contributed by atoms with Crippen LogP contribution in [0, 0.1) is 5.92 Å². The molecule has 106 valence electrons. The fourth-order valence-corrected chi connectivity index (χ4v) is 2.82. The van der Waals surface area contributed by atoms with E-state index in [0.717, 1.165) is 30.2 Å². The first-order valence-electron chi connectivity index (χ1n) is 7.02. The van der Waals surface area contributed by atoms with E-state index in [1.807, 2.05) is 14.1 Å². The molecule has 0 amide bonds. The van der Waals surface area contributed by atoms with Crippen molar-refractivity contribution in [1.29, 1.82) is 0 Å². The summed E-state index contributed by atoms with van der Waals surface area (Å²) in [5, 5.41) is 8.63. The Morgan fingerprint density at radius 2 is 1.90 bits per heavy atom. The van der Waals surface area contributed by atoms with Gasteiger partial charge in [0.15, 0.2) is 5.82 Å². The quantitative estimate of drug-likeness (QED) is 0.908. The van der Waals surface area contributed by atoms with Crippen molar-refractivity contribution in [3.05, 3.63) is 30.1 Å². The maximum Gasteiger partial charge on any atom is 0.164 e. The van der Waals surface area contributed by atoms with Gasteiger partial charge in [0.25, 0.3) is 0 Å². The van der Waals surface area contributed by atoms with Crippen molar-refractivity contribution >= 4 is 5.69 Å². The zero-order chi connectivity index (χ0) is 14.3. The maximum absolute atomic E-state index is 6.16. The van der Waals surface area contributed by atoms with Crippen LogP contribution in [0.4, 0.5) is 5.69 Å². The Hall–Kier alpha value is -1.88. The summed E-state index contributed by atoms with van der Waals surface area (Å²) in [5.41, 5.74) is 8.43. The molecule has 2 N–H and O–H groups in total. The second-order valence-electron chi connectivity index (χ2n) is 5.88. The van der Waals surface area contributed by atoms with Gasteiger partial charge >= 0.3 is 0 Å². The van der Waals surface area contributed by atoms with E-state index in [-0.39, 0.29) is 6.04 Å². The highest BCUT2D eigenvalue weighted by Crippen LogP contribution is 2.30. The Morgan fingerprint density at radius 1 is 1.20 bits per heavy atom. The third-order valence-electron chi connectivity index (χ3n) is 3.90. The molecule has 0 aliphatic carbocycles. The second-order valence-corrected chi connectivity index (χ2v) is 5.88. The third-order valence-corrected chi connectivity index (χ3v) is 3.90. The molecule has 1 aliphatic heterocycles. The molecule has 0 spiro atoms. The molecule has 2 heterocycles. The van der Waals surface area contributed by atoms with E-state index in [4.69, 9.17) is 5.73 Å². The van der Waals surface area contributed by atoms with E-state index < -0.39 is 0 Å². The lowest BCUT2D eigenvalue weighted by Gasteiger charge is -2.25. The summed E-state index contributed by atoms with van der Waals surface area (Å²) in [6, 6.07) is 8.39. The number of benzene rings is 1. The Bertz CT molecular complexity index is 599. The van der Waals surface area contributed by atoms with Crippen LogP contribution in [0.2, 0.25) is 0 Å². The number of hydrogen-bond acceptors (Lipinski definition) is 4. The number of hydrogen-bond donors (Lipinski definition) is 1. The first-order chi connectivity index (χ1) is 9.56. The van der Waals surface area contributed by atoms with Crippen molar-refractivity contribution in [1.82, 2.24) is 14.8 Å². The molecule has 0 saturated heterocycles. The summed E-state index contributed by atoms with van der Waals surface area (Å²) in [6.07, 6.45) is 0.984. The van der Waals surface area contributed by atoms with Gasteiger partial charge in [-0.2, -0.15) is 0 Å². The highest BCUT2D eigenvalue weighted by atomic mass is 15.3. The van der Waals surface area contributed by atoms with E-state index in [1.54, 1.807) is 0 Å². The fourth-order valence-electron chi connectivity index (χ4n) is 2.82. The van der Waals surface area contributed by atoms with Gasteiger partial charge in [-0.3, -0.25) is 0 Å². The smallest absolute Gasteiger partial charge is 0.164 e. The Balaban J connectivity index is 1.99. The lowest BCUT2D eigenvalue weighted by molar-refractivity contribution is 0.348. The van der Waals surface area contributed by atoms with Crippen LogP contribution in [0.5, 0.6) is 0 Å². The highest BCUT2D eigenvalue weighted by molar-refractivity contribution is 5.60. The summed E-state index contributed by atoms with van der Waals surface area (Å²) in [4.78, 5) is 2.08. The summed E-state index contributed by atoms with van der Waals surface area (Å²) < 4.78 is 2.17. The zero-order valence-corrected chi connectivity index (χ0v) is 12.2. The summed E-state index contributed by atoms with van der Waals surface area (Å²) in [6.45, 7) is 3.17. The van der Waals surface area contributed by atoms with E-state index in [0.29, 0.717) is 5.92 Å². The molecule has 2 unspecified atom stereocenters. The SMILES string of the molecule is CC1CC(N)c2nnc(-c3ccc(N(C)C)cc3)n2C1. The largest absolute Gasteiger partial charge is 0.378 e. The van der Waals surface area contributed by atoms with Crippen LogP contribution in [0.25, 0.3) is 11.4 Å². The molecule has 1 aromatic heterocycles. The van der Waals surface area contributed by atoms with Crippen molar-refractivity contribution in [2.24, 2.45) is 11.7 Å². The fraction of sp³-hybridized carbons (Fsp3) is 0.467. The molecule has 1 aliphatic rings. The summed E-state index contributed by atoms with van der Waals surface area (Å²) in [5.74, 6) is 2.40. The lowest BCUT2D eigenvalue weighted by Crippen LogP contribution is -2.27. The van der Waals surface area contributed by atoms with E-state index >= 15 is 0 Å². The van der Waals surface area contributed by atoms with E-state index in [2.05, 4.69) is 50.9 Å². The number of anilines is 1. The zero-order valence-electron chi connectivity index (χ0n) is 12.2. The summed E-state index contributed by atoms with van der Waals surface area (Å²) in [7, 11) is 4.07. The Kier molecular flexibility index (Phi) is 3.22. The van der Waals surface area contributed by atoms with Crippen LogP contribution < -0.4 is 10.6 Å². The van der Waals surface area contributed by atoms with Gasteiger partial charge in [-0.05, 0) is 36.6 Å². The predicted molar refractivity (Wildman–Crippen MR) is 80.5 cm³/mol. The number of nitrogens with zero attached hydrogens (tertiary/aromatic N) is 4. The number of nitrogens with two attached hydrogens (primary N) is 1. The van der Waals surface area contributed by atoms with Gasteiger partial charge in [0, 0.05) is 31.9 Å². The second kappa shape index (κ2) is 4.90. The van der Waals surface area contributed by atoms with Crippen molar-refractivity contribution in [2.75, 3.05) is 19.0 Å². The van der Waals surface area contributed by atoms with Crippen LogP contribution in [-0.4, -0.2) is 28.9 Å². The van der Waals surface area contributed by atoms with Crippen molar-refractivity contribution in [3.63, 3.8) is 0 Å². The van der Waals surface area contributed by atoms with E-state index in [1.165, 1.54) is 5.69 Å². The van der Waals surface area contributed by atoms with Gasteiger partial charge in [-0.15, -0.1) is 10.2 Å². The highest BCUT2D eigenvalue weighted by Gasteiger charge is 2.26. The minimum absolute atomic E-state index is 0.000971. The maximum atomic E-state index is 6.16. The van der Waals surface area contributed by atoms with Crippen LogP contribution in [-0.2, 0) is 6.54 Å². The van der Waals surface area contributed by atoms with Crippen LogP contribution in [0.3, 0.4) is 0 Å². The molecular formula is C15H21N5. The molecule has 20 heavy (non-hydrogen) atoms. The lowest BCUT2D eigenvalue weighted by atomic mass is 9.97. The standard InChI is InChI=1S/C15H21N5/c1-10-8-13(16)15-18-17-14(20(15)9-10)11-4-6-12(7-5-11)19(2)3/h4-7,10,13H,8-9,16H2,1-3H3. The molecule has 5 heteroatoms. The van der Waals surface area contributed by atoms with Crippen LogP contribution in [0.15, 0.2) is 24.3 Å². The van der Waals surface area contributed by atoms with Gasteiger partial charge in [0.1, 0.15) is 5.82 Å². The summed E-state index contributed by atoms with van der Waals surface area (Å²) >= 11 is 0. The molecule has 1 aromatic carbocycles. The van der Waals surface area contributed by atoms with E-state index in [9.17, 15) is 0 Å². The average Bonchev–Trinajstić information content (AvgIpc) is 2.82. The number of fused-ring (bicyclic) bond motifs is 1. The first-order valence-corrected chi connectivity index (χ1v) is 7.02. The molecular weight excluding hydrogens is 250 g/mol. The molecule has 0 bridgehead atoms. The molecule has 5 nitrogen and oxygen atoms in total. The van der Waals surface area contributed by atoms with Gasteiger partial charge in [0.05, 0.1) is 6.04 Å². The number of rotatable bonds is 2. The number of aromatic nitrogens is 3. The molecule has 0 saturated carbocycles. The molecule has 2 atom stereocenters. The van der Waals surface area contributed by atoms with Crippen LogP contribution in [0.1, 0.15) is 25.2 Å². The van der Waals surface area contributed by atoms with Crippen molar-refractivity contribution in [2.45, 2.75) is 25.9 Å².